The van der Waals surface area contributed by atoms with Gasteiger partial charge in [0.1, 0.15) is 0 Å². The smallest absolute Gasteiger partial charge is 0.261 e. The highest BCUT2D eigenvalue weighted by molar-refractivity contribution is 7.92. The van der Waals surface area contributed by atoms with E-state index in [0.29, 0.717) is 24.3 Å². The van der Waals surface area contributed by atoms with E-state index in [0.717, 1.165) is 43.0 Å². The molecule has 1 fully saturated rings. The maximum Gasteiger partial charge on any atom is 0.261 e. The Bertz CT molecular complexity index is 1260. The topological polar surface area (TPSA) is 81.8 Å². The van der Waals surface area contributed by atoms with Crippen LogP contribution in [0.4, 0.5) is 11.4 Å². The number of carbonyl (C=O) groups is 1. The molecule has 0 unspecified atom stereocenters. The molecule has 0 bridgehead atoms. The predicted molar refractivity (Wildman–Crippen MR) is 140 cm³/mol. The van der Waals surface area contributed by atoms with Crippen LogP contribution in [0, 0.1) is 6.92 Å². The highest BCUT2D eigenvalue weighted by Gasteiger charge is 2.24. The standard InChI is InChI=1S/C27H32N4O3S/c1-3-30(20-22-7-5-4-6-8-22)27(32)25-19-23(11-14-26(25)31-17-15-28-16-18-31)29-35(33,34)24-12-9-21(2)10-13-24/h4-14,19,28-29H,3,15-18,20H2,1-2H3. The van der Waals surface area contributed by atoms with Gasteiger partial charge in [-0.1, -0.05) is 48.0 Å². The van der Waals surface area contributed by atoms with E-state index in [2.05, 4.69) is 14.9 Å². The van der Waals surface area contributed by atoms with E-state index in [1.807, 2.05) is 50.2 Å². The Balaban J connectivity index is 1.67. The van der Waals surface area contributed by atoms with E-state index in [4.69, 9.17) is 0 Å². The number of anilines is 2. The van der Waals surface area contributed by atoms with E-state index >= 15 is 0 Å². The minimum Gasteiger partial charge on any atom is -0.368 e. The lowest BCUT2D eigenvalue weighted by molar-refractivity contribution is 0.0753. The van der Waals surface area contributed by atoms with Crippen LogP contribution in [0.3, 0.4) is 0 Å². The van der Waals surface area contributed by atoms with Crippen molar-refractivity contribution in [2.75, 3.05) is 42.3 Å². The predicted octanol–water partition coefficient (Wildman–Crippen LogP) is 3.87. The zero-order chi connectivity index (χ0) is 24.8. The Morgan fingerprint density at radius 2 is 1.69 bits per heavy atom. The molecule has 1 saturated heterocycles. The minimum atomic E-state index is -3.78. The van der Waals surface area contributed by atoms with Gasteiger partial charge in [0.2, 0.25) is 0 Å². The number of rotatable bonds is 8. The molecular weight excluding hydrogens is 460 g/mol. The van der Waals surface area contributed by atoms with E-state index in [9.17, 15) is 13.2 Å². The molecule has 0 spiro atoms. The summed E-state index contributed by atoms with van der Waals surface area (Å²) in [5.74, 6) is -0.124. The van der Waals surface area contributed by atoms with Crippen LogP contribution >= 0.6 is 0 Å². The molecule has 3 aromatic rings. The Morgan fingerprint density at radius 1 is 1.00 bits per heavy atom. The van der Waals surface area contributed by atoms with Gasteiger partial charge in [-0.15, -0.1) is 0 Å². The number of nitrogens with one attached hydrogen (secondary N) is 2. The third-order valence-corrected chi connectivity index (χ3v) is 7.55. The number of aryl methyl sites for hydroxylation is 1. The van der Waals surface area contributed by atoms with Crippen molar-refractivity contribution in [1.29, 1.82) is 0 Å². The van der Waals surface area contributed by atoms with E-state index in [1.54, 1.807) is 41.3 Å². The van der Waals surface area contributed by atoms with Gasteiger partial charge in [0.15, 0.2) is 0 Å². The maximum absolute atomic E-state index is 13.8. The number of sulfonamides is 1. The lowest BCUT2D eigenvalue weighted by Crippen LogP contribution is -2.44. The van der Waals surface area contributed by atoms with Gasteiger partial charge in [-0.3, -0.25) is 9.52 Å². The largest absolute Gasteiger partial charge is 0.368 e. The van der Waals surface area contributed by atoms with Crippen molar-refractivity contribution >= 4 is 27.3 Å². The summed E-state index contributed by atoms with van der Waals surface area (Å²) in [5, 5.41) is 3.34. The van der Waals surface area contributed by atoms with Crippen molar-refractivity contribution in [3.63, 3.8) is 0 Å². The van der Waals surface area contributed by atoms with Crippen molar-refractivity contribution in [3.8, 4) is 0 Å². The second-order valence-corrected chi connectivity index (χ2v) is 10.4. The Labute approximate surface area is 207 Å². The van der Waals surface area contributed by atoms with Crippen molar-refractivity contribution in [1.82, 2.24) is 10.2 Å². The van der Waals surface area contributed by atoms with Crippen LogP contribution in [0.5, 0.6) is 0 Å². The van der Waals surface area contributed by atoms with Gasteiger partial charge in [0, 0.05) is 50.6 Å². The van der Waals surface area contributed by atoms with Crippen LogP contribution in [-0.2, 0) is 16.6 Å². The molecular formula is C27H32N4O3S. The first-order valence-corrected chi connectivity index (χ1v) is 13.4. The van der Waals surface area contributed by atoms with Crippen LogP contribution in [0.1, 0.15) is 28.4 Å². The van der Waals surface area contributed by atoms with Crippen molar-refractivity contribution in [3.05, 3.63) is 89.5 Å². The summed E-state index contributed by atoms with van der Waals surface area (Å²) >= 11 is 0. The summed E-state index contributed by atoms with van der Waals surface area (Å²) < 4.78 is 28.6. The molecule has 1 amide bonds. The van der Waals surface area contributed by atoms with Crippen LogP contribution in [-0.4, -0.2) is 51.9 Å². The molecule has 0 aromatic heterocycles. The average Bonchev–Trinajstić information content (AvgIpc) is 2.88. The number of nitrogens with zero attached hydrogens (tertiary/aromatic N) is 2. The third-order valence-electron chi connectivity index (χ3n) is 6.15. The van der Waals surface area contributed by atoms with Crippen LogP contribution in [0.2, 0.25) is 0 Å². The van der Waals surface area contributed by atoms with Gasteiger partial charge in [0.25, 0.3) is 15.9 Å². The van der Waals surface area contributed by atoms with Crippen molar-refractivity contribution in [2.24, 2.45) is 0 Å². The fourth-order valence-electron chi connectivity index (χ4n) is 4.19. The van der Waals surface area contributed by atoms with Gasteiger partial charge in [0.05, 0.1) is 10.5 Å². The van der Waals surface area contributed by atoms with Crippen LogP contribution in [0.15, 0.2) is 77.7 Å². The number of hydrogen-bond acceptors (Lipinski definition) is 5. The summed E-state index contributed by atoms with van der Waals surface area (Å²) in [6.45, 7) is 8.10. The first-order valence-electron chi connectivity index (χ1n) is 11.9. The highest BCUT2D eigenvalue weighted by Crippen LogP contribution is 2.28. The number of carbonyl (C=O) groups excluding carboxylic acids is 1. The normalized spacial score (nSPS) is 13.9. The number of benzene rings is 3. The Kier molecular flexibility index (Phi) is 7.73. The zero-order valence-electron chi connectivity index (χ0n) is 20.2. The van der Waals surface area contributed by atoms with Gasteiger partial charge in [-0.05, 0) is 49.7 Å². The summed E-state index contributed by atoms with van der Waals surface area (Å²) in [6.07, 6.45) is 0. The minimum absolute atomic E-state index is 0.124. The molecule has 1 heterocycles. The molecule has 2 N–H and O–H groups in total. The molecule has 3 aromatic carbocycles. The molecule has 1 aliphatic rings. The second-order valence-electron chi connectivity index (χ2n) is 8.69. The number of amides is 1. The summed E-state index contributed by atoms with van der Waals surface area (Å²) in [4.78, 5) is 17.9. The second kappa shape index (κ2) is 10.9. The van der Waals surface area contributed by atoms with Crippen LogP contribution < -0.4 is 14.9 Å². The molecule has 0 saturated carbocycles. The fraction of sp³-hybridized carbons (Fsp3) is 0.296. The van der Waals surface area contributed by atoms with Crippen molar-refractivity contribution < 1.29 is 13.2 Å². The van der Waals surface area contributed by atoms with E-state index in [1.165, 1.54) is 0 Å². The first kappa shape index (κ1) is 24.8. The zero-order valence-corrected chi connectivity index (χ0v) is 21.0. The van der Waals surface area contributed by atoms with Crippen molar-refractivity contribution in [2.45, 2.75) is 25.3 Å². The molecule has 0 radical (unpaired) electrons. The summed E-state index contributed by atoms with van der Waals surface area (Å²) in [6, 6.07) is 21.8. The first-order chi connectivity index (χ1) is 16.9. The van der Waals surface area contributed by atoms with E-state index in [-0.39, 0.29) is 10.8 Å². The molecule has 1 aliphatic heterocycles. The molecule has 0 aliphatic carbocycles. The van der Waals surface area contributed by atoms with Gasteiger partial charge in [-0.2, -0.15) is 0 Å². The third kappa shape index (κ3) is 6.01. The monoisotopic (exact) mass is 492 g/mol. The Hall–Kier alpha value is -3.36. The Morgan fingerprint density at radius 3 is 2.34 bits per heavy atom. The van der Waals surface area contributed by atoms with Gasteiger partial charge in [-0.25, -0.2) is 8.42 Å². The van der Waals surface area contributed by atoms with Gasteiger partial charge >= 0.3 is 0 Å². The molecule has 0 atom stereocenters. The highest BCUT2D eigenvalue weighted by atomic mass is 32.2. The average molecular weight is 493 g/mol. The lowest BCUT2D eigenvalue weighted by atomic mass is 10.1. The summed E-state index contributed by atoms with van der Waals surface area (Å²) in [5.41, 5.74) is 3.71. The quantitative estimate of drug-likeness (QED) is 0.499. The molecule has 4 rings (SSSR count). The maximum atomic E-state index is 13.8. The lowest BCUT2D eigenvalue weighted by Gasteiger charge is -2.32. The molecule has 184 valence electrons. The molecule has 35 heavy (non-hydrogen) atoms. The molecule has 7 nitrogen and oxygen atoms in total. The van der Waals surface area contributed by atoms with Gasteiger partial charge < -0.3 is 15.1 Å². The number of hydrogen-bond donors (Lipinski definition) is 2. The number of piperazine rings is 1. The van der Waals surface area contributed by atoms with E-state index < -0.39 is 10.0 Å². The summed E-state index contributed by atoms with van der Waals surface area (Å²) in [7, 11) is -3.78. The molecule has 8 heteroatoms. The fourth-order valence-corrected chi connectivity index (χ4v) is 5.23. The SMILES string of the molecule is CCN(Cc1ccccc1)C(=O)c1cc(NS(=O)(=O)c2ccc(C)cc2)ccc1N1CCNCC1. The van der Waals surface area contributed by atoms with Crippen LogP contribution in [0.25, 0.3) is 0 Å².